The van der Waals surface area contributed by atoms with Crippen molar-refractivity contribution in [3.8, 4) is 0 Å². The second-order valence-electron chi connectivity index (χ2n) is 17.8. The highest BCUT2D eigenvalue weighted by atomic mass is 31.2. The van der Waals surface area contributed by atoms with Crippen LogP contribution in [0.2, 0.25) is 0 Å². The molecule has 0 aromatic rings. The molecule has 2 atom stereocenters. The predicted octanol–water partition coefficient (Wildman–Crippen LogP) is 14.5. The smallest absolute Gasteiger partial charge is 0.462 e. The molecule has 0 spiro atoms. The number of ether oxygens (including phenoxy) is 2. The molecule has 0 fully saturated rings. The van der Waals surface area contributed by atoms with Gasteiger partial charge in [-0.05, 0) is 44.9 Å². The van der Waals surface area contributed by atoms with E-state index in [9.17, 15) is 19.0 Å². The molecule has 352 valence electrons. The molecule has 0 aliphatic rings. The van der Waals surface area contributed by atoms with Crippen LogP contribution in [0, 0.1) is 0 Å². The molecule has 9 nitrogen and oxygen atoms in total. The number of allylic oxidation sites excluding steroid dienone is 6. The summed E-state index contributed by atoms with van der Waals surface area (Å²) in [6.07, 6.45) is 49.1. The van der Waals surface area contributed by atoms with Crippen molar-refractivity contribution in [1.82, 2.24) is 0 Å². The molecule has 0 radical (unpaired) electrons. The van der Waals surface area contributed by atoms with E-state index in [0.29, 0.717) is 17.4 Å². The minimum absolute atomic E-state index is 0.0297. The molecule has 0 aliphatic heterocycles. The van der Waals surface area contributed by atoms with Crippen LogP contribution < -0.4 is 0 Å². The summed E-state index contributed by atoms with van der Waals surface area (Å²) >= 11 is 0. The van der Waals surface area contributed by atoms with Crippen molar-refractivity contribution in [2.75, 3.05) is 47.5 Å². The molecule has 10 heteroatoms. The van der Waals surface area contributed by atoms with E-state index in [-0.39, 0.29) is 32.0 Å². The molecular formula is C50H95NO8P+. The normalized spacial score (nSPS) is 13.8. The molecule has 0 heterocycles. The molecule has 0 saturated heterocycles. The topological polar surface area (TPSA) is 108 Å². The van der Waals surface area contributed by atoms with Crippen LogP contribution in [0.25, 0.3) is 0 Å². The number of likely N-dealkylation sites (N-methyl/N-ethyl adjacent to an activating group) is 1. The number of phosphoric acid groups is 1. The van der Waals surface area contributed by atoms with Gasteiger partial charge in [0.25, 0.3) is 0 Å². The first kappa shape index (κ1) is 58.2. The van der Waals surface area contributed by atoms with E-state index >= 15 is 0 Å². The fraction of sp³-hybridized carbons (Fsp3) is 0.840. The Morgan fingerprint density at radius 3 is 1.42 bits per heavy atom. The monoisotopic (exact) mass is 869 g/mol. The lowest BCUT2D eigenvalue weighted by molar-refractivity contribution is -0.870. The number of phosphoric ester groups is 1. The average molecular weight is 869 g/mol. The molecular weight excluding hydrogens is 774 g/mol. The van der Waals surface area contributed by atoms with E-state index in [1.807, 2.05) is 21.1 Å². The molecule has 0 rings (SSSR count). The first-order valence-corrected chi connectivity index (χ1v) is 26.2. The summed E-state index contributed by atoms with van der Waals surface area (Å²) in [7, 11) is 1.47. The van der Waals surface area contributed by atoms with Crippen molar-refractivity contribution in [3.63, 3.8) is 0 Å². The van der Waals surface area contributed by atoms with Gasteiger partial charge in [0.15, 0.2) is 6.10 Å². The van der Waals surface area contributed by atoms with Gasteiger partial charge in [-0.15, -0.1) is 0 Å². The highest BCUT2D eigenvalue weighted by Crippen LogP contribution is 2.43. The van der Waals surface area contributed by atoms with Crippen molar-refractivity contribution in [3.05, 3.63) is 36.5 Å². The lowest BCUT2D eigenvalue weighted by Crippen LogP contribution is -2.37. The summed E-state index contributed by atoms with van der Waals surface area (Å²) < 4.78 is 34.4. The SMILES string of the molecule is CC/C=C/C/C=C/C/C=C/CCCCCCCC(=O)OC[C@H](COP(=O)(O)OCC[N+](C)(C)C)OC(=O)CCCCCCCCCCCCCCCCCCCCCCC. The van der Waals surface area contributed by atoms with Gasteiger partial charge in [-0.3, -0.25) is 18.6 Å². The number of rotatable bonds is 45. The number of carbonyl (C=O) groups excluding carboxylic acids is 2. The number of esters is 2. The molecule has 1 unspecified atom stereocenters. The molecule has 0 aromatic heterocycles. The number of hydrogen-bond acceptors (Lipinski definition) is 7. The van der Waals surface area contributed by atoms with E-state index in [1.54, 1.807) is 0 Å². The Morgan fingerprint density at radius 1 is 0.533 bits per heavy atom. The highest BCUT2D eigenvalue weighted by Gasteiger charge is 2.27. The highest BCUT2D eigenvalue weighted by molar-refractivity contribution is 7.47. The summed E-state index contributed by atoms with van der Waals surface area (Å²) in [6.45, 7) is 4.32. The van der Waals surface area contributed by atoms with Crippen LogP contribution in [0.4, 0.5) is 0 Å². The standard InChI is InChI=1S/C50H94NO8P/c1-6-8-10-12-14-16-18-20-22-23-24-25-26-27-29-31-33-35-37-39-41-43-50(53)59-48(47-58-60(54,55)57-45-44-51(3,4)5)46-56-49(52)42-40-38-36-34-32-30-28-21-19-17-15-13-11-9-7-2/h9,11,15,17,21,28,48H,6-8,10,12-14,16,18-20,22-27,29-47H2,1-5H3/p+1/b11-9+,17-15+,28-21+/t48-/m1/s1. The zero-order chi connectivity index (χ0) is 44.3. The van der Waals surface area contributed by atoms with Gasteiger partial charge in [0.2, 0.25) is 0 Å². The zero-order valence-electron chi connectivity index (χ0n) is 39.7. The zero-order valence-corrected chi connectivity index (χ0v) is 40.6. The van der Waals surface area contributed by atoms with Gasteiger partial charge in [-0.25, -0.2) is 4.57 Å². The molecule has 0 saturated carbocycles. The number of hydrogen-bond donors (Lipinski definition) is 1. The van der Waals surface area contributed by atoms with Crippen molar-refractivity contribution in [1.29, 1.82) is 0 Å². The average Bonchev–Trinajstić information content (AvgIpc) is 3.20. The second-order valence-corrected chi connectivity index (χ2v) is 19.3. The van der Waals surface area contributed by atoms with E-state index in [2.05, 4.69) is 50.3 Å². The van der Waals surface area contributed by atoms with Crippen molar-refractivity contribution < 1.29 is 42.1 Å². The molecule has 0 bridgehead atoms. The minimum atomic E-state index is -4.38. The quantitative estimate of drug-likeness (QED) is 0.0212. The van der Waals surface area contributed by atoms with Gasteiger partial charge in [0.1, 0.15) is 19.8 Å². The predicted molar refractivity (Wildman–Crippen MR) is 252 cm³/mol. The maximum Gasteiger partial charge on any atom is 0.472 e. The fourth-order valence-corrected chi connectivity index (χ4v) is 7.59. The first-order valence-electron chi connectivity index (χ1n) is 24.7. The van der Waals surface area contributed by atoms with Crippen LogP contribution in [-0.2, 0) is 32.7 Å². The van der Waals surface area contributed by atoms with Gasteiger partial charge < -0.3 is 18.9 Å². The van der Waals surface area contributed by atoms with E-state index in [1.165, 1.54) is 116 Å². The Labute approximate surface area is 370 Å². The van der Waals surface area contributed by atoms with Gasteiger partial charge in [0.05, 0.1) is 27.7 Å². The van der Waals surface area contributed by atoms with E-state index in [4.69, 9.17) is 18.5 Å². The third kappa shape index (κ3) is 45.7. The maximum absolute atomic E-state index is 12.7. The molecule has 1 N–H and O–H groups in total. The number of nitrogens with zero attached hydrogens (tertiary/aromatic N) is 1. The maximum atomic E-state index is 12.7. The number of carbonyl (C=O) groups is 2. The lowest BCUT2D eigenvalue weighted by Gasteiger charge is -2.24. The molecule has 60 heavy (non-hydrogen) atoms. The Bertz CT molecular complexity index is 1120. The van der Waals surface area contributed by atoms with Gasteiger partial charge in [0, 0.05) is 12.8 Å². The van der Waals surface area contributed by atoms with Crippen LogP contribution in [-0.4, -0.2) is 74.9 Å². The summed E-state index contributed by atoms with van der Waals surface area (Å²) in [5.74, 6) is -0.810. The number of quaternary nitrogens is 1. The summed E-state index contributed by atoms with van der Waals surface area (Å²) in [5, 5.41) is 0. The summed E-state index contributed by atoms with van der Waals surface area (Å²) in [4.78, 5) is 35.5. The van der Waals surface area contributed by atoms with Crippen LogP contribution in [0.1, 0.15) is 219 Å². The Kier molecular flexibility index (Phi) is 41.3. The summed E-state index contributed by atoms with van der Waals surface area (Å²) in [6, 6.07) is 0. The Morgan fingerprint density at radius 2 is 0.950 bits per heavy atom. The minimum Gasteiger partial charge on any atom is -0.462 e. The van der Waals surface area contributed by atoms with Crippen molar-refractivity contribution in [2.24, 2.45) is 0 Å². The van der Waals surface area contributed by atoms with Crippen LogP contribution in [0.3, 0.4) is 0 Å². The third-order valence-electron chi connectivity index (χ3n) is 10.7. The Balaban J connectivity index is 4.25. The fourth-order valence-electron chi connectivity index (χ4n) is 6.85. The first-order chi connectivity index (χ1) is 29.0. The lowest BCUT2D eigenvalue weighted by atomic mass is 10.0. The van der Waals surface area contributed by atoms with Gasteiger partial charge in [-0.2, -0.15) is 0 Å². The second kappa shape index (κ2) is 42.5. The Hall–Kier alpha value is -1.77. The van der Waals surface area contributed by atoms with Crippen LogP contribution in [0.15, 0.2) is 36.5 Å². The molecule has 0 amide bonds. The third-order valence-corrected chi connectivity index (χ3v) is 11.7. The molecule has 0 aromatic carbocycles. The van der Waals surface area contributed by atoms with Crippen LogP contribution in [0.5, 0.6) is 0 Å². The van der Waals surface area contributed by atoms with Gasteiger partial charge in [-0.1, -0.05) is 198 Å². The van der Waals surface area contributed by atoms with E-state index < -0.39 is 26.5 Å². The number of unbranched alkanes of at least 4 members (excludes halogenated alkanes) is 25. The van der Waals surface area contributed by atoms with E-state index in [0.717, 1.165) is 70.6 Å². The summed E-state index contributed by atoms with van der Waals surface area (Å²) in [5.41, 5.74) is 0. The largest absolute Gasteiger partial charge is 0.472 e. The van der Waals surface area contributed by atoms with Crippen molar-refractivity contribution in [2.45, 2.75) is 225 Å². The van der Waals surface area contributed by atoms with Gasteiger partial charge >= 0.3 is 19.8 Å². The molecule has 0 aliphatic carbocycles. The van der Waals surface area contributed by atoms with Crippen molar-refractivity contribution >= 4 is 19.8 Å². The van der Waals surface area contributed by atoms with Crippen LogP contribution >= 0.6 is 7.82 Å².